The molecule has 2 unspecified atom stereocenters. The second-order valence-electron chi connectivity index (χ2n) is 6.93. The van der Waals surface area contributed by atoms with Gasteiger partial charge in [-0.1, -0.05) is 13.0 Å². The van der Waals surface area contributed by atoms with Gasteiger partial charge in [0.2, 0.25) is 5.91 Å². The summed E-state index contributed by atoms with van der Waals surface area (Å²) in [4.78, 5) is 29.1. The molecule has 2 aliphatic rings. The molecule has 1 amide bonds. The van der Waals surface area contributed by atoms with E-state index in [9.17, 15) is 9.59 Å². The van der Waals surface area contributed by atoms with Gasteiger partial charge in [0.05, 0.1) is 0 Å². The molecule has 0 radical (unpaired) electrons. The standard InChI is InChI=1S/C20H22N2O2S/c1-2-16-6-7-17(25-16)8-9-19(23)21-11-14-10-15(13-21)18-4-3-5-20(24)22(18)12-14/h3-9,14-15H,2,10-13H2,1H3. The third kappa shape index (κ3) is 3.21. The van der Waals surface area contributed by atoms with E-state index in [1.165, 1.54) is 4.88 Å². The molecule has 2 aromatic heterocycles. The lowest BCUT2D eigenvalue weighted by atomic mass is 9.83. The zero-order valence-corrected chi connectivity index (χ0v) is 15.2. The molecule has 2 aromatic rings. The molecule has 4 rings (SSSR count). The van der Waals surface area contributed by atoms with Gasteiger partial charge in [0.15, 0.2) is 0 Å². The number of rotatable bonds is 3. The van der Waals surface area contributed by atoms with Gasteiger partial charge in [-0.2, -0.15) is 0 Å². The van der Waals surface area contributed by atoms with Crippen molar-refractivity contribution >= 4 is 23.3 Å². The number of hydrogen-bond acceptors (Lipinski definition) is 3. The Hall–Kier alpha value is -2.14. The zero-order chi connectivity index (χ0) is 17.4. The molecule has 0 aliphatic carbocycles. The number of carbonyl (C=O) groups excluding carboxylic acids is 1. The lowest BCUT2D eigenvalue weighted by Gasteiger charge is -2.42. The van der Waals surface area contributed by atoms with Crippen LogP contribution in [0.3, 0.4) is 0 Å². The number of fused-ring (bicyclic) bond motifs is 4. The molecule has 5 heteroatoms. The average molecular weight is 354 g/mol. The third-order valence-corrected chi connectivity index (χ3v) is 6.41. The Morgan fingerprint density at radius 2 is 2.12 bits per heavy atom. The summed E-state index contributed by atoms with van der Waals surface area (Å²) < 4.78 is 1.90. The van der Waals surface area contributed by atoms with E-state index in [4.69, 9.17) is 0 Å². The number of carbonyl (C=O) groups is 1. The molecule has 1 fully saturated rings. The normalized spacial score (nSPS) is 22.2. The van der Waals surface area contributed by atoms with Gasteiger partial charge in [0.25, 0.3) is 5.56 Å². The molecule has 0 N–H and O–H groups in total. The van der Waals surface area contributed by atoms with Crippen LogP contribution in [-0.4, -0.2) is 28.5 Å². The predicted octanol–water partition coefficient (Wildman–Crippen LogP) is 3.13. The Morgan fingerprint density at radius 1 is 1.24 bits per heavy atom. The number of aryl methyl sites for hydroxylation is 1. The summed E-state index contributed by atoms with van der Waals surface area (Å²) in [6.07, 6.45) is 5.72. The molecule has 1 saturated heterocycles. The Labute approximate surface area is 151 Å². The summed E-state index contributed by atoms with van der Waals surface area (Å²) in [5.74, 6) is 0.720. The van der Waals surface area contributed by atoms with Gasteiger partial charge in [-0.3, -0.25) is 9.59 Å². The molecule has 0 aromatic carbocycles. The number of piperidine rings is 1. The van der Waals surface area contributed by atoms with Gasteiger partial charge in [-0.25, -0.2) is 0 Å². The highest BCUT2D eigenvalue weighted by Gasteiger charge is 2.35. The van der Waals surface area contributed by atoms with Gasteiger partial charge in [-0.05, 0) is 43.0 Å². The topological polar surface area (TPSA) is 42.3 Å². The van der Waals surface area contributed by atoms with Crippen molar-refractivity contribution in [3.05, 3.63) is 62.2 Å². The van der Waals surface area contributed by atoms with E-state index in [-0.39, 0.29) is 17.4 Å². The summed E-state index contributed by atoms with van der Waals surface area (Å²) in [6.45, 7) is 4.31. The van der Waals surface area contributed by atoms with Crippen LogP contribution in [0.25, 0.3) is 6.08 Å². The molecule has 0 spiro atoms. The molecular formula is C20H22N2O2S. The first-order chi connectivity index (χ1) is 12.1. The van der Waals surface area contributed by atoms with E-state index < -0.39 is 0 Å². The van der Waals surface area contributed by atoms with E-state index in [0.717, 1.165) is 36.5 Å². The second kappa shape index (κ2) is 6.64. The first-order valence-electron chi connectivity index (χ1n) is 8.89. The van der Waals surface area contributed by atoms with Crippen LogP contribution < -0.4 is 5.56 Å². The van der Waals surface area contributed by atoms with Crippen molar-refractivity contribution in [3.63, 3.8) is 0 Å². The highest BCUT2D eigenvalue weighted by Crippen LogP contribution is 2.35. The maximum atomic E-state index is 12.6. The van der Waals surface area contributed by atoms with Crippen LogP contribution in [0, 0.1) is 5.92 Å². The molecule has 2 aliphatic heterocycles. The van der Waals surface area contributed by atoms with Crippen molar-refractivity contribution in [1.82, 2.24) is 9.47 Å². The van der Waals surface area contributed by atoms with Crippen molar-refractivity contribution in [2.75, 3.05) is 13.1 Å². The first kappa shape index (κ1) is 16.3. The number of likely N-dealkylation sites (tertiary alicyclic amines) is 1. The van der Waals surface area contributed by atoms with Crippen LogP contribution >= 0.6 is 11.3 Å². The maximum Gasteiger partial charge on any atom is 0.250 e. The molecule has 0 saturated carbocycles. The fourth-order valence-electron chi connectivity index (χ4n) is 4.01. The smallest absolute Gasteiger partial charge is 0.250 e. The highest BCUT2D eigenvalue weighted by molar-refractivity contribution is 7.12. The number of pyridine rings is 1. The van der Waals surface area contributed by atoms with Gasteiger partial charge >= 0.3 is 0 Å². The van der Waals surface area contributed by atoms with Gasteiger partial charge in [-0.15, -0.1) is 11.3 Å². The Kier molecular flexibility index (Phi) is 4.34. The maximum absolute atomic E-state index is 12.6. The van der Waals surface area contributed by atoms with Crippen LogP contribution in [0.4, 0.5) is 0 Å². The van der Waals surface area contributed by atoms with Gasteiger partial charge in [0, 0.05) is 53.1 Å². The Morgan fingerprint density at radius 3 is 2.92 bits per heavy atom. The van der Waals surface area contributed by atoms with Crippen molar-refractivity contribution < 1.29 is 4.79 Å². The van der Waals surface area contributed by atoms with E-state index in [1.807, 2.05) is 27.7 Å². The summed E-state index contributed by atoms with van der Waals surface area (Å²) in [7, 11) is 0. The van der Waals surface area contributed by atoms with Crippen molar-refractivity contribution in [2.45, 2.75) is 32.2 Å². The van der Waals surface area contributed by atoms with Crippen LogP contribution in [0.2, 0.25) is 0 Å². The molecule has 4 heterocycles. The Balaban J connectivity index is 1.50. The number of hydrogen-bond donors (Lipinski definition) is 0. The number of aromatic nitrogens is 1. The monoisotopic (exact) mass is 354 g/mol. The molecule has 2 atom stereocenters. The van der Waals surface area contributed by atoms with Crippen LogP contribution in [0.15, 0.2) is 41.2 Å². The van der Waals surface area contributed by atoms with Crippen molar-refractivity contribution in [2.24, 2.45) is 5.92 Å². The largest absolute Gasteiger partial charge is 0.338 e. The molecule has 2 bridgehead atoms. The van der Waals surface area contributed by atoms with Crippen LogP contribution in [-0.2, 0) is 17.8 Å². The van der Waals surface area contributed by atoms with E-state index in [2.05, 4.69) is 19.1 Å². The molecule has 4 nitrogen and oxygen atoms in total. The van der Waals surface area contributed by atoms with Gasteiger partial charge in [0.1, 0.15) is 0 Å². The number of thiophene rings is 1. The summed E-state index contributed by atoms with van der Waals surface area (Å²) in [5.41, 5.74) is 1.16. The molecule has 25 heavy (non-hydrogen) atoms. The van der Waals surface area contributed by atoms with Crippen molar-refractivity contribution in [1.29, 1.82) is 0 Å². The van der Waals surface area contributed by atoms with E-state index in [1.54, 1.807) is 23.5 Å². The van der Waals surface area contributed by atoms with E-state index in [0.29, 0.717) is 12.5 Å². The first-order valence-corrected chi connectivity index (χ1v) is 9.71. The lowest BCUT2D eigenvalue weighted by Crippen LogP contribution is -2.48. The molecular weight excluding hydrogens is 332 g/mol. The second-order valence-corrected chi connectivity index (χ2v) is 8.13. The summed E-state index contributed by atoms with van der Waals surface area (Å²) >= 11 is 1.73. The third-order valence-electron chi connectivity index (χ3n) is 5.21. The average Bonchev–Trinajstić information content (AvgIpc) is 3.08. The van der Waals surface area contributed by atoms with Crippen LogP contribution in [0.1, 0.15) is 34.7 Å². The minimum atomic E-state index is 0.0767. The highest BCUT2D eigenvalue weighted by atomic mass is 32.1. The molecule has 130 valence electrons. The van der Waals surface area contributed by atoms with Crippen molar-refractivity contribution in [3.8, 4) is 0 Å². The summed E-state index contributed by atoms with van der Waals surface area (Å²) in [5, 5.41) is 0. The zero-order valence-electron chi connectivity index (χ0n) is 14.4. The lowest BCUT2D eigenvalue weighted by molar-refractivity contribution is -0.128. The minimum absolute atomic E-state index is 0.0767. The number of amides is 1. The minimum Gasteiger partial charge on any atom is -0.338 e. The van der Waals surface area contributed by atoms with E-state index >= 15 is 0 Å². The quantitative estimate of drug-likeness (QED) is 0.795. The number of nitrogens with zero attached hydrogens (tertiary/aromatic N) is 2. The predicted molar refractivity (Wildman–Crippen MR) is 101 cm³/mol. The fourth-order valence-corrected chi connectivity index (χ4v) is 4.86. The van der Waals surface area contributed by atoms with Crippen LogP contribution in [0.5, 0.6) is 0 Å². The fraction of sp³-hybridized carbons (Fsp3) is 0.400. The summed E-state index contributed by atoms with van der Waals surface area (Å²) in [6, 6.07) is 9.68. The SMILES string of the molecule is CCc1ccc(C=CC(=O)N2CC3CC(C2)c2cccc(=O)n2C3)s1. The van der Waals surface area contributed by atoms with Gasteiger partial charge < -0.3 is 9.47 Å². The Bertz CT molecular complexity index is 880.